The van der Waals surface area contributed by atoms with E-state index in [1.165, 1.54) is 0 Å². The first-order chi connectivity index (χ1) is 4.75. The summed E-state index contributed by atoms with van der Waals surface area (Å²) in [5, 5.41) is 0. The summed E-state index contributed by atoms with van der Waals surface area (Å²) >= 11 is 0. The first kappa shape index (κ1) is 6.99. The van der Waals surface area contributed by atoms with Crippen LogP contribution in [-0.2, 0) is 7.05 Å². The summed E-state index contributed by atoms with van der Waals surface area (Å²) in [6.45, 7) is 1.83. The molecule has 0 fully saturated rings. The maximum absolute atomic E-state index is 11.0. The van der Waals surface area contributed by atoms with Crippen LogP contribution in [0.15, 0.2) is 12.4 Å². The van der Waals surface area contributed by atoms with E-state index in [4.69, 9.17) is 0 Å². The molecule has 3 heteroatoms. The van der Waals surface area contributed by atoms with E-state index in [9.17, 15) is 4.79 Å². The molecule has 1 aromatic heterocycles. The van der Waals surface area contributed by atoms with Gasteiger partial charge < -0.3 is 4.57 Å². The molecule has 1 heterocycles. The Morgan fingerprint density at radius 1 is 1.80 bits per heavy atom. The van der Waals surface area contributed by atoms with Crippen LogP contribution in [0.4, 0.5) is 0 Å². The molecule has 1 rings (SSSR count). The van der Waals surface area contributed by atoms with Gasteiger partial charge in [-0.1, -0.05) is 6.92 Å². The van der Waals surface area contributed by atoms with E-state index in [1.807, 2.05) is 14.0 Å². The van der Waals surface area contributed by atoms with Gasteiger partial charge in [-0.3, -0.25) is 4.79 Å². The quantitative estimate of drug-likeness (QED) is 0.572. The summed E-state index contributed by atoms with van der Waals surface area (Å²) in [7, 11) is 1.82. The van der Waals surface area contributed by atoms with Crippen molar-refractivity contribution in [3.63, 3.8) is 0 Å². The largest absolute Gasteiger partial charge is 0.332 e. The maximum atomic E-state index is 11.0. The van der Waals surface area contributed by atoms with Gasteiger partial charge in [0.2, 0.25) is 0 Å². The highest BCUT2D eigenvalue weighted by Crippen LogP contribution is 1.97. The van der Waals surface area contributed by atoms with Gasteiger partial charge in [-0.25, -0.2) is 4.98 Å². The number of hydrogen-bond donors (Lipinski definition) is 0. The first-order valence-corrected chi connectivity index (χ1v) is 3.26. The van der Waals surface area contributed by atoms with E-state index in [-0.39, 0.29) is 5.78 Å². The van der Waals surface area contributed by atoms with E-state index in [0.29, 0.717) is 12.2 Å². The van der Waals surface area contributed by atoms with Crippen LogP contribution in [-0.4, -0.2) is 15.3 Å². The second-order valence-corrected chi connectivity index (χ2v) is 2.14. The molecule has 0 spiro atoms. The lowest BCUT2D eigenvalue weighted by Crippen LogP contribution is -2.05. The number of nitrogens with zero attached hydrogens (tertiary/aromatic N) is 2. The fourth-order valence-electron chi connectivity index (χ4n) is 0.792. The molecule has 0 amide bonds. The zero-order valence-electron chi connectivity index (χ0n) is 6.16. The summed E-state index contributed by atoms with van der Waals surface area (Å²) < 4.78 is 1.73. The Morgan fingerprint density at radius 3 is 2.90 bits per heavy atom. The minimum absolute atomic E-state index is 0.0903. The van der Waals surface area contributed by atoms with E-state index >= 15 is 0 Å². The fourth-order valence-corrected chi connectivity index (χ4v) is 0.792. The summed E-state index contributed by atoms with van der Waals surface area (Å²) in [5.41, 5.74) is 0. The second-order valence-electron chi connectivity index (χ2n) is 2.14. The predicted octanol–water partition coefficient (Wildman–Crippen LogP) is 1.01. The van der Waals surface area contributed by atoms with E-state index in [0.717, 1.165) is 0 Å². The smallest absolute Gasteiger partial charge is 0.197 e. The Bertz CT molecular complexity index is 240. The molecule has 10 heavy (non-hydrogen) atoms. The van der Waals surface area contributed by atoms with E-state index in [2.05, 4.69) is 4.98 Å². The number of ketones is 1. The number of carbonyl (C=O) groups is 1. The number of imidazole rings is 1. The molecule has 0 saturated carbocycles. The predicted molar refractivity (Wildman–Crippen MR) is 37.8 cm³/mol. The Morgan fingerprint density at radius 2 is 2.50 bits per heavy atom. The van der Waals surface area contributed by atoms with Crippen LogP contribution in [0.1, 0.15) is 24.0 Å². The second kappa shape index (κ2) is 2.64. The zero-order chi connectivity index (χ0) is 7.56. The van der Waals surface area contributed by atoms with Crippen LogP contribution in [0.5, 0.6) is 0 Å². The molecule has 0 saturated heterocycles. The fraction of sp³-hybridized carbons (Fsp3) is 0.429. The molecule has 0 bridgehead atoms. The molecule has 0 N–H and O–H groups in total. The zero-order valence-corrected chi connectivity index (χ0v) is 6.16. The molecule has 3 nitrogen and oxygen atoms in total. The monoisotopic (exact) mass is 138 g/mol. The van der Waals surface area contributed by atoms with Crippen LogP contribution in [0.25, 0.3) is 0 Å². The van der Waals surface area contributed by atoms with Gasteiger partial charge in [-0.05, 0) is 0 Å². The molecule has 0 radical (unpaired) electrons. The van der Waals surface area contributed by atoms with Gasteiger partial charge in [0, 0.05) is 25.9 Å². The van der Waals surface area contributed by atoms with Gasteiger partial charge >= 0.3 is 0 Å². The van der Waals surface area contributed by atoms with Crippen molar-refractivity contribution in [2.75, 3.05) is 0 Å². The summed E-state index contributed by atoms with van der Waals surface area (Å²) in [6.07, 6.45) is 3.91. The lowest BCUT2D eigenvalue weighted by Gasteiger charge is -1.95. The topological polar surface area (TPSA) is 34.9 Å². The molecule has 0 atom stereocenters. The minimum Gasteiger partial charge on any atom is -0.332 e. The van der Waals surface area contributed by atoms with Gasteiger partial charge in [0.05, 0.1) is 0 Å². The molecule has 0 aliphatic rings. The summed E-state index contributed by atoms with van der Waals surface area (Å²) in [4.78, 5) is 14.9. The van der Waals surface area contributed by atoms with Crippen LogP contribution < -0.4 is 0 Å². The number of rotatable bonds is 2. The highest BCUT2D eigenvalue weighted by molar-refractivity contribution is 5.92. The number of hydrogen-bond acceptors (Lipinski definition) is 2. The van der Waals surface area contributed by atoms with Crippen LogP contribution in [0.3, 0.4) is 0 Å². The van der Waals surface area contributed by atoms with Gasteiger partial charge in [-0.15, -0.1) is 0 Å². The van der Waals surface area contributed by atoms with Crippen molar-refractivity contribution in [2.45, 2.75) is 13.3 Å². The van der Waals surface area contributed by atoms with Gasteiger partial charge in [-0.2, -0.15) is 0 Å². The van der Waals surface area contributed by atoms with Crippen molar-refractivity contribution >= 4 is 5.78 Å². The van der Waals surface area contributed by atoms with Gasteiger partial charge in [0.15, 0.2) is 11.6 Å². The van der Waals surface area contributed by atoms with Crippen LogP contribution in [0, 0.1) is 0 Å². The Kier molecular flexibility index (Phi) is 1.85. The maximum Gasteiger partial charge on any atom is 0.197 e. The molecule has 0 aliphatic heterocycles. The average Bonchev–Trinajstić information content (AvgIpc) is 2.34. The van der Waals surface area contributed by atoms with Crippen molar-refractivity contribution in [1.82, 2.24) is 9.55 Å². The third-order valence-corrected chi connectivity index (χ3v) is 1.39. The van der Waals surface area contributed by atoms with Gasteiger partial charge in [0.25, 0.3) is 0 Å². The molecular weight excluding hydrogens is 128 g/mol. The van der Waals surface area contributed by atoms with E-state index < -0.39 is 0 Å². The Hall–Kier alpha value is -1.12. The molecule has 1 aromatic rings. The lowest BCUT2D eigenvalue weighted by molar-refractivity contribution is 0.0975. The standard InChI is InChI=1S/C7H10N2O/c1-3-6(10)7-8-4-5-9(7)2/h4-5H,3H2,1-2H3. The summed E-state index contributed by atoms with van der Waals surface area (Å²) in [6, 6.07) is 0. The number of aryl methyl sites for hydroxylation is 1. The normalized spacial score (nSPS) is 9.80. The number of carbonyl (C=O) groups excluding carboxylic acids is 1. The highest BCUT2D eigenvalue weighted by atomic mass is 16.1. The SMILES string of the molecule is CCC(=O)c1nccn1C. The third kappa shape index (κ3) is 1.07. The molecule has 54 valence electrons. The number of aromatic nitrogens is 2. The van der Waals surface area contributed by atoms with Crippen molar-refractivity contribution in [3.8, 4) is 0 Å². The van der Waals surface area contributed by atoms with Crippen LogP contribution >= 0.6 is 0 Å². The Labute approximate surface area is 59.7 Å². The Balaban J connectivity index is 2.93. The lowest BCUT2D eigenvalue weighted by atomic mass is 10.3. The molecule has 0 aliphatic carbocycles. The van der Waals surface area contributed by atoms with Crippen molar-refractivity contribution in [1.29, 1.82) is 0 Å². The van der Waals surface area contributed by atoms with Crippen molar-refractivity contribution in [3.05, 3.63) is 18.2 Å². The molecule has 0 unspecified atom stereocenters. The minimum atomic E-state index is 0.0903. The number of Topliss-reactive ketones (excluding diaryl/α,β-unsaturated/α-hetero) is 1. The van der Waals surface area contributed by atoms with Crippen molar-refractivity contribution in [2.24, 2.45) is 7.05 Å². The molecule has 0 aromatic carbocycles. The van der Waals surface area contributed by atoms with E-state index in [1.54, 1.807) is 17.0 Å². The highest BCUT2D eigenvalue weighted by Gasteiger charge is 2.06. The summed E-state index contributed by atoms with van der Waals surface area (Å²) in [5.74, 6) is 0.634. The first-order valence-electron chi connectivity index (χ1n) is 3.26. The van der Waals surface area contributed by atoms with Crippen LogP contribution in [0.2, 0.25) is 0 Å². The average molecular weight is 138 g/mol. The van der Waals surface area contributed by atoms with Gasteiger partial charge in [0.1, 0.15) is 0 Å². The third-order valence-electron chi connectivity index (χ3n) is 1.39. The van der Waals surface area contributed by atoms with Crippen molar-refractivity contribution < 1.29 is 4.79 Å². The molecular formula is C7H10N2O.